The summed E-state index contributed by atoms with van der Waals surface area (Å²) in [4.78, 5) is 24.7. The van der Waals surface area contributed by atoms with Crippen LogP contribution in [0.2, 0.25) is 0 Å². The summed E-state index contributed by atoms with van der Waals surface area (Å²) in [5, 5.41) is 2.66. The Labute approximate surface area is 93.8 Å². The van der Waals surface area contributed by atoms with Crippen LogP contribution in [-0.2, 0) is 11.3 Å². The lowest BCUT2D eigenvalue weighted by molar-refractivity contribution is 0.131. The van der Waals surface area contributed by atoms with Gasteiger partial charge >= 0.3 is 6.09 Å². The second-order valence-corrected chi connectivity index (χ2v) is 4.51. The number of pyridine rings is 1. The number of carbonyl (C=O) groups is 1. The Kier molecular flexibility index (Phi) is 3.71. The van der Waals surface area contributed by atoms with Crippen LogP contribution in [0.15, 0.2) is 23.1 Å². The first-order chi connectivity index (χ1) is 7.37. The van der Waals surface area contributed by atoms with Crippen molar-refractivity contribution in [2.45, 2.75) is 32.9 Å². The second-order valence-electron chi connectivity index (χ2n) is 4.51. The van der Waals surface area contributed by atoms with Crippen molar-refractivity contribution in [1.29, 1.82) is 0 Å². The monoisotopic (exact) mass is 224 g/mol. The third-order valence-corrected chi connectivity index (χ3v) is 1.69. The van der Waals surface area contributed by atoms with E-state index in [1.54, 1.807) is 6.07 Å². The van der Waals surface area contributed by atoms with Crippen molar-refractivity contribution < 1.29 is 9.53 Å². The molecule has 1 amide bonds. The van der Waals surface area contributed by atoms with Crippen molar-refractivity contribution >= 4 is 6.09 Å². The van der Waals surface area contributed by atoms with Crippen molar-refractivity contribution in [3.05, 3.63) is 34.2 Å². The summed E-state index contributed by atoms with van der Waals surface area (Å²) in [6.45, 7) is 5.68. The van der Waals surface area contributed by atoms with Crippen LogP contribution in [0.1, 0.15) is 26.3 Å². The molecule has 0 atom stereocenters. The number of hydrogen-bond acceptors (Lipinski definition) is 3. The first-order valence-electron chi connectivity index (χ1n) is 4.99. The zero-order valence-corrected chi connectivity index (χ0v) is 9.66. The first kappa shape index (κ1) is 12.3. The molecule has 0 aliphatic rings. The highest BCUT2D eigenvalue weighted by Crippen LogP contribution is 2.01. The van der Waals surface area contributed by atoms with E-state index in [0.29, 0.717) is 5.56 Å². The average molecular weight is 224 g/mol. The summed E-state index contributed by atoms with van der Waals surface area (Å²) in [6.07, 6.45) is 1.02. The molecule has 1 aromatic rings. The van der Waals surface area contributed by atoms with Gasteiger partial charge in [0.2, 0.25) is 5.56 Å². The summed E-state index contributed by atoms with van der Waals surface area (Å²) >= 11 is 0. The Balaban J connectivity index is 2.46. The quantitative estimate of drug-likeness (QED) is 0.797. The summed E-state index contributed by atoms with van der Waals surface area (Å²) in [5.74, 6) is 0. The predicted molar refractivity (Wildman–Crippen MR) is 60.1 cm³/mol. The van der Waals surface area contributed by atoms with Gasteiger partial charge in [-0.25, -0.2) is 4.79 Å². The molecule has 0 saturated carbocycles. The minimum atomic E-state index is -0.493. The molecular weight excluding hydrogens is 208 g/mol. The van der Waals surface area contributed by atoms with E-state index in [4.69, 9.17) is 4.74 Å². The second kappa shape index (κ2) is 4.83. The molecular formula is C11H16N2O3. The minimum absolute atomic E-state index is 0.0891. The van der Waals surface area contributed by atoms with Gasteiger partial charge in [-0.15, -0.1) is 0 Å². The van der Waals surface area contributed by atoms with Gasteiger partial charge in [-0.05, 0) is 32.4 Å². The Bertz CT molecular complexity index is 418. The van der Waals surface area contributed by atoms with Crippen molar-refractivity contribution in [3.63, 3.8) is 0 Å². The van der Waals surface area contributed by atoms with Crippen LogP contribution in [0.4, 0.5) is 4.79 Å². The number of nitrogens with one attached hydrogen (secondary N) is 2. The van der Waals surface area contributed by atoms with E-state index in [1.807, 2.05) is 20.8 Å². The highest BCUT2D eigenvalue weighted by molar-refractivity contribution is 5.68. The van der Waals surface area contributed by atoms with Crippen LogP contribution >= 0.6 is 0 Å². The van der Waals surface area contributed by atoms with Crippen molar-refractivity contribution in [2.75, 3.05) is 0 Å². The molecule has 88 valence electrons. The van der Waals surface area contributed by atoms with Gasteiger partial charge in [0.1, 0.15) is 6.61 Å². The first-order valence-corrected chi connectivity index (χ1v) is 4.99. The molecule has 2 N–H and O–H groups in total. The Morgan fingerprint density at radius 1 is 1.50 bits per heavy atom. The van der Waals surface area contributed by atoms with Crippen molar-refractivity contribution in [1.82, 2.24) is 10.3 Å². The van der Waals surface area contributed by atoms with Crippen LogP contribution in [0.25, 0.3) is 0 Å². The van der Waals surface area contributed by atoms with Gasteiger partial charge in [0, 0.05) is 17.8 Å². The molecule has 1 aromatic heterocycles. The summed E-state index contributed by atoms with van der Waals surface area (Å²) in [6, 6.07) is 3.08. The molecule has 0 spiro atoms. The van der Waals surface area contributed by atoms with Gasteiger partial charge in [-0.2, -0.15) is 0 Å². The van der Waals surface area contributed by atoms with Gasteiger partial charge in [0.25, 0.3) is 0 Å². The molecule has 0 aromatic carbocycles. The average Bonchev–Trinajstić information content (AvgIpc) is 2.12. The topological polar surface area (TPSA) is 71.2 Å². The number of rotatable bonds is 2. The Hall–Kier alpha value is -1.78. The molecule has 0 aliphatic heterocycles. The summed E-state index contributed by atoms with van der Waals surface area (Å²) in [5.41, 5.74) is 0.121. The highest BCUT2D eigenvalue weighted by Gasteiger charge is 2.14. The van der Waals surface area contributed by atoms with Crippen LogP contribution in [0, 0.1) is 0 Å². The maximum Gasteiger partial charge on any atom is 0.407 e. The third kappa shape index (κ3) is 4.63. The van der Waals surface area contributed by atoms with E-state index in [1.165, 1.54) is 12.3 Å². The maximum absolute atomic E-state index is 11.3. The van der Waals surface area contributed by atoms with Crippen LogP contribution in [0.5, 0.6) is 0 Å². The Morgan fingerprint density at radius 3 is 2.75 bits per heavy atom. The fourth-order valence-corrected chi connectivity index (χ4v) is 1.07. The molecule has 5 nitrogen and oxygen atoms in total. The molecule has 1 heterocycles. The van der Waals surface area contributed by atoms with E-state index in [-0.39, 0.29) is 17.7 Å². The fourth-order valence-electron chi connectivity index (χ4n) is 1.07. The summed E-state index contributed by atoms with van der Waals surface area (Å²) in [7, 11) is 0. The lowest BCUT2D eigenvalue weighted by Gasteiger charge is -2.19. The zero-order valence-electron chi connectivity index (χ0n) is 9.66. The van der Waals surface area contributed by atoms with E-state index < -0.39 is 6.09 Å². The van der Waals surface area contributed by atoms with Gasteiger partial charge in [-0.1, -0.05) is 0 Å². The molecule has 5 heteroatoms. The van der Waals surface area contributed by atoms with E-state index in [0.717, 1.165) is 0 Å². The number of aromatic nitrogens is 1. The lowest BCUT2D eigenvalue weighted by atomic mass is 10.1. The molecule has 0 fully saturated rings. The van der Waals surface area contributed by atoms with Crippen LogP contribution < -0.4 is 10.9 Å². The van der Waals surface area contributed by atoms with Gasteiger partial charge in [-0.3, -0.25) is 4.79 Å². The van der Waals surface area contributed by atoms with Gasteiger partial charge in [0.15, 0.2) is 0 Å². The number of alkyl carbamates (subject to hydrolysis) is 1. The van der Waals surface area contributed by atoms with Crippen LogP contribution in [0.3, 0.4) is 0 Å². The standard InChI is InChI=1S/C11H16N2O3/c1-11(2,3)13-10(15)16-7-8-4-5-12-9(14)6-8/h4-6H,7H2,1-3H3,(H,12,14)(H,13,15). The smallest absolute Gasteiger partial charge is 0.407 e. The molecule has 1 rings (SSSR count). The molecule has 0 unspecified atom stereocenters. The predicted octanol–water partition coefficient (Wildman–Crippen LogP) is 1.40. The normalized spacial score (nSPS) is 10.9. The van der Waals surface area contributed by atoms with Crippen molar-refractivity contribution in [2.24, 2.45) is 0 Å². The van der Waals surface area contributed by atoms with Gasteiger partial charge < -0.3 is 15.0 Å². The number of aromatic amines is 1. The SMILES string of the molecule is CC(C)(C)NC(=O)OCc1cc[nH]c(=O)c1. The number of ether oxygens (including phenoxy) is 1. The third-order valence-electron chi connectivity index (χ3n) is 1.69. The number of H-pyrrole nitrogens is 1. The summed E-state index contributed by atoms with van der Waals surface area (Å²) < 4.78 is 4.96. The Morgan fingerprint density at radius 2 is 2.19 bits per heavy atom. The van der Waals surface area contributed by atoms with E-state index in [9.17, 15) is 9.59 Å². The van der Waals surface area contributed by atoms with E-state index >= 15 is 0 Å². The lowest BCUT2D eigenvalue weighted by Crippen LogP contribution is -2.40. The molecule has 0 aliphatic carbocycles. The molecule has 0 saturated heterocycles. The molecule has 0 bridgehead atoms. The maximum atomic E-state index is 11.3. The largest absolute Gasteiger partial charge is 0.445 e. The highest BCUT2D eigenvalue weighted by atomic mass is 16.5. The number of amides is 1. The molecule has 16 heavy (non-hydrogen) atoms. The van der Waals surface area contributed by atoms with Crippen LogP contribution in [-0.4, -0.2) is 16.6 Å². The number of hydrogen-bond donors (Lipinski definition) is 2. The van der Waals surface area contributed by atoms with E-state index in [2.05, 4.69) is 10.3 Å². The minimum Gasteiger partial charge on any atom is -0.445 e. The number of carbonyl (C=O) groups excluding carboxylic acids is 1. The van der Waals surface area contributed by atoms with Gasteiger partial charge in [0.05, 0.1) is 0 Å². The fraction of sp³-hybridized carbons (Fsp3) is 0.455. The molecule has 0 radical (unpaired) electrons. The zero-order chi connectivity index (χ0) is 12.2. The van der Waals surface area contributed by atoms with Crippen molar-refractivity contribution in [3.8, 4) is 0 Å².